The number of rotatable bonds is 1. The molecule has 0 saturated carbocycles. The Morgan fingerprint density at radius 1 is 1.40 bits per heavy atom. The fourth-order valence-electron chi connectivity index (χ4n) is 2.45. The Kier molecular flexibility index (Phi) is 2.49. The van der Waals surface area contributed by atoms with Gasteiger partial charge in [0.2, 0.25) is 5.91 Å². The summed E-state index contributed by atoms with van der Waals surface area (Å²) >= 11 is 0. The summed E-state index contributed by atoms with van der Waals surface area (Å²) < 4.78 is 0. The molecule has 0 aromatic carbocycles. The highest BCUT2D eigenvalue weighted by atomic mass is 16.2. The van der Waals surface area contributed by atoms with Gasteiger partial charge in [0.15, 0.2) is 0 Å². The van der Waals surface area contributed by atoms with Crippen LogP contribution in [0, 0.1) is 5.92 Å². The summed E-state index contributed by atoms with van der Waals surface area (Å²) in [5, 5.41) is 0. The summed E-state index contributed by atoms with van der Waals surface area (Å²) in [7, 11) is 0. The van der Waals surface area contributed by atoms with E-state index in [-0.39, 0.29) is 11.8 Å². The lowest BCUT2D eigenvalue weighted by Crippen LogP contribution is -2.56. The molecule has 2 heterocycles. The first kappa shape index (κ1) is 10.5. The van der Waals surface area contributed by atoms with E-state index in [1.54, 1.807) is 0 Å². The number of nitrogens with zero attached hydrogens (tertiary/aromatic N) is 2. The molecule has 3 nitrogen and oxygen atoms in total. The van der Waals surface area contributed by atoms with E-state index in [4.69, 9.17) is 0 Å². The molecule has 2 aliphatic heterocycles. The largest absolute Gasteiger partial charge is 0.365 e. The van der Waals surface area contributed by atoms with E-state index in [0.717, 1.165) is 19.6 Å². The van der Waals surface area contributed by atoms with Crippen molar-refractivity contribution in [1.29, 1.82) is 0 Å². The third-order valence-electron chi connectivity index (χ3n) is 3.65. The van der Waals surface area contributed by atoms with Gasteiger partial charge in [0.05, 0.1) is 6.54 Å². The number of hydrogen-bond donors (Lipinski definition) is 0. The summed E-state index contributed by atoms with van der Waals surface area (Å²) in [6.45, 7) is 11.1. The second-order valence-electron chi connectivity index (χ2n) is 4.91. The zero-order chi connectivity index (χ0) is 11.2. The van der Waals surface area contributed by atoms with Crippen LogP contribution < -0.4 is 0 Å². The van der Waals surface area contributed by atoms with Crippen molar-refractivity contribution in [3.05, 3.63) is 11.3 Å². The Morgan fingerprint density at radius 2 is 2.07 bits per heavy atom. The third kappa shape index (κ3) is 1.54. The lowest BCUT2D eigenvalue weighted by molar-refractivity contribution is -0.135. The number of carbonyl (C=O) groups is 1. The first-order valence-electron chi connectivity index (χ1n) is 5.77. The smallest absolute Gasteiger partial charge is 0.225 e. The van der Waals surface area contributed by atoms with E-state index in [9.17, 15) is 4.79 Å². The predicted octanol–water partition coefficient (Wildman–Crippen LogP) is 1.46. The van der Waals surface area contributed by atoms with E-state index >= 15 is 0 Å². The topological polar surface area (TPSA) is 23.6 Å². The second kappa shape index (κ2) is 3.54. The van der Waals surface area contributed by atoms with Gasteiger partial charge in [-0.3, -0.25) is 4.79 Å². The highest BCUT2D eigenvalue weighted by Gasteiger charge is 2.36. The SMILES string of the molecule is CC1=C2CN(C(=O)C(C)C)CCN2C1C. The average Bonchev–Trinajstić information content (AvgIpc) is 2.25. The molecule has 15 heavy (non-hydrogen) atoms. The van der Waals surface area contributed by atoms with Crippen molar-refractivity contribution in [2.45, 2.75) is 33.7 Å². The number of amides is 1. The molecule has 1 fully saturated rings. The Balaban J connectivity index is 2.07. The van der Waals surface area contributed by atoms with Crippen LogP contribution in [0.15, 0.2) is 11.3 Å². The molecule has 0 radical (unpaired) electrons. The van der Waals surface area contributed by atoms with Crippen molar-refractivity contribution in [3.63, 3.8) is 0 Å². The van der Waals surface area contributed by atoms with Crippen molar-refractivity contribution in [1.82, 2.24) is 9.80 Å². The van der Waals surface area contributed by atoms with Gasteiger partial charge in [0.1, 0.15) is 0 Å². The van der Waals surface area contributed by atoms with Crippen LogP contribution in [-0.2, 0) is 4.79 Å². The molecule has 84 valence electrons. The highest BCUT2D eigenvalue weighted by molar-refractivity contribution is 5.78. The highest BCUT2D eigenvalue weighted by Crippen LogP contribution is 2.33. The van der Waals surface area contributed by atoms with Gasteiger partial charge in [0, 0.05) is 30.7 Å². The third-order valence-corrected chi connectivity index (χ3v) is 3.65. The van der Waals surface area contributed by atoms with Crippen LogP contribution in [-0.4, -0.2) is 41.4 Å². The van der Waals surface area contributed by atoms with Crippen molar-refractivity contribution in [2.24, 2.45) is 5.92 Å². The average molecular weight is 208 g/mol. The quantitative estimate of drug-likeness (QED) is 0.651. The minimum Gasteiger partial charge on any atom is -0.365 e. The standard InChI is InChI=1S/C12H20N2O/c1-8(2)12(15)13-5-6-14-10(4)9(3)11(14)7-13/h8,10H,5-7H2,1-4H3. The minimum atomic E-state index is 0.120. The van der Waals surface area contributed by atoms with Gasteiger partial charge in [-0.15, -0.1) is 0 Å². The van der Waals surface area contributed by atoms with Crippen molar-refractivity contribution in [2.75, 3.05) is 19.6 Å². The first-order chi connectivity index (χ1) is 7.02. The summed E-state index contributed by atoms with van der Waals surface area (Å²) in [6, 6.07) is 0.594. The van der Waals surface area contributed by atoms with Crippen LogP contribution in [0.25, 0.3) is 0 Å². The summed E-state index contributed by atoms with van der Waals surface area (Å²) in [6.07, 6.45) is 0. The molecular formula is C12H20N2O. The number of fused-ring (bicyclic) bond motifs is 1. The van der Waals surface area contributed by atoms with Crippen LogP contribution in [0.1, 0.15) is 27.7 Å². The molecule has 0 N–H and O–H groups in total. The monoisotopic (exact) mass is 208 g/mol. The molecular weight excluding hydrogens is 188 g/mol. The molecule has 0 bridgehead atoms. The molecule has 1 saturated heterocycles. The molecule has 1 amide bonds. The maximum Gasteiger partial charge on any atom is 0.225 e. The van der Waals surface area contributed by atoms with E-state index in [1.807, 2.05) is 18.7 Å². The minimum absolute atomic E-state index is 0.120. The molecule has 3 heteroatoms. The molecule has 1 unspecified atom stereocenters. The van der Waals surface area contributed by atoms with Gasteiger partial charge in [0.25, 0.3) is 0 Å². The fourth-order valence-corrected chi connectivity index (χ4v) is 2.45. The normalized spacial score (nSPS) is 25.5. The molecule has 2 aliphatic rings. The molecule has 1 atom stereocenters. The van der Waals surface area contributed by atoms with Crippen LogP contribution in [0.5, 0.6) is 0 Å². The Morgan fingerprint density at radius 3 is 2.67 bits per heavy atom. The van der Waals surface area contributed by atoms with Gasteiger partial charge in [-0.25, -0.2) is 0 Å². The van der Waals surface area contributed by atoms with E-state index in [2.05, 4.69) is 18.7 Å². The predicted molar refractivity (Wildman–Crippen MR) is 60.3 cm³/mol. The second-order valence-corrected chi connectivity index (χ2v) is 4.91. The van der Waals surface area contributed by atoms with Crippen molar-refractivity contribution >= 4 is 5.91 Å². The zero-order valence-corrected chi connectivity index (χ0v) is 10.1. The maximum absolute atomic E-state index is 11.8. The van der Waals surface area contributed by atoms with Crippen LogP contribution in [0.4, 0.5) is 0 Å². The summed E-state index contributed by atoms with van der Waals surface area (Å²) in [5.74, 6) is 0.407. The number of piperazine rings is 1. The van der Waals surface area contributed by atoms with E-state index in [1.165, 1.54) is 11.3 Å². The molecule has 2 rings (SSSR count). The van der Waals surface area contributed by atoms with Gasteiger partial charge in [-0.2, -0.15) is 0 Å². The molecule has 0 spiro atoms. The first-order valence-corrected chi connectivity index (χ1v) is 5.77. The van der Waals surface area contributed by atoms with Crippen molar-refractivity contribution < 1.29 is 4.79 Å². The van der Waals surface area contributed by atoms with Gasteiger partial charge in [-0.1, -0.05) is 13.8 Å². The van der Waals surface area contributed by atoms with Gasteiger partial charge in [-0.05, 0) is 19.4 Å². The van der Waals surface area contributed by atoms with E-state index in [0.29, 0.717) is 6.04 Å². The van der Waals surface area contributed by atoms with Crippen LogP contribution in [0.3, 0.4) is 0 Å². The van der Waals surface area contributed by atoms with E-state index < -0.39 is 0 Å². The lowest BCUT2D eigenvalue weighted by Gasteiger charge is -2.50. The maximum atomic E-state index is 11.8. The summed E-state index contributed by atoms with van der Waals surface area (Å²) in [4.78, 5) is 16.3. The Labute approximate surface area is 91.7 Å². The molecule has 0 aliphatic carbocycles. The number of hydrogen-bond acceptors (Lipinski definition) is 2. The lowest BCUT2D eigenvalue weighted by atomic mass is 9.93. The Bertz CT molecular complexity index is 320. The van der Waals surface area contributed by atoms with Gasteiger partial charge >= 0.3 is 0 Å². The molecule has 0 aromatic heterocycles. The number of carbonyl (C=O) groups excluding carboxylic acids is 1. The molecule has 0 aromatic rings. The fraction of sp³-hybridized carbons (Fsp3) is 0.750. The van der Waals surface area contributed by atoms with Crippen molar-refractivity contribution in [3.8, 4) is 0 Å². The van der Waals surface area contributed by atoms with Gasteiger partial charge < -0.3 is 9.80 Å². The van der Waals surface area contributed by atoms with Crippen LogP contribution >= 0.6 is 0 Å². The van der Waals surface area contributed by atoms with Crippen LogP contribution in [0.2, 0.25) is 0 Å². The summed E-state index contributed by atoms with van der Waals surface area (Å²) in [5.41, 5.74) is 2.83. The Hall–Kier alpha value is -0.990. The zero-order valence-electron chi connectivity index (χ0n) is 10.1.